The van der Waals surface area contributed by atoms with Crippen molar-refractivity contribution in [3.8, 4) is 0 Å². The second-order valence-electron chi connectivity index (χ2n) is 5.03. The molecule has 24 heavy (non-hydrogen) atoms. The molecule has 0 bridgehead atoms. The van der Waals surface area contributed by atoms with Gasteiger partial charge in [0.15, 0.2) is 0 Å². The molecule has 7 heteroatoms. The Kier molecular flexibility index (Phi) is 5.62. The molecule has 0 saturated heterocycles. The highest BCUT2D eigenvalue weighted by molar-refractivity contribution is 5.96. The van der Waals surface area contributed by atoms with Gasteiger partial charge in [-0.1, -0.05) is 36.4 Å². The fraction of sp³-hybridized carbons (Fsp3) is 0.176. The van der Waals surface area contributed by atoms with E-state index in [9.17, 15) is 19.7 Å². The number of carbonyl (C=O) groups excluding carboxylic acids is 2. The topological polar surface area (TPSA) is 98.5 Å². The largest absolute Gasteiger partial charge is 0.456 e. The van der Waals surface area contributed by atoms with E-state index in [1.54, 1.807) is 6.92 Å². The monoisotopic (exact) mass is 328 g/mol. The third-order valence-corrected chi connectivity index (χ3v) is 3.29. The van der Waals surface area contributed by atoms with Gasteiger partial charge >= 0.3 is 5.97 Å². The van der Waals surface area contributed by atoms with Crippen LogP contribution in [0.1, 0.15) is 28.9 Å². The molecule has 0 aromatic heterocycles. The number of hydrogen-bond donors (Lipinski definition) is 1. The van der Waals surface area contributed by atoms with Crippen LogP contribution in [-0.2, 0) is 9.53 Å². The Bertz CT molecular complexity index is 746. The van der Waals surface area contributed by atoms with Crippen LogP contribution >= 0.6 is 0 Å². The summed E-state index contributed by atoms with van der Waals surface area (Å²) in [6.07, 6.45) is -0.437. The van der Waals surface area contributed by atoms with Gasteiger partial charge in [-0.3, -0.25) is 19.7 Å². The number of carbonyl (C=O) groups is 2. The number of nitrogens with one attached hydrogen (secondary N) is 1. The summed E-state index contributed by atoms with van der Waals surface area (Å²) in [5.41, 5.74) is 0.756. The molecule has 0 aliphatic heterocycles. The van der Waals surface area contributed by atoms with Crippen LogP contribution in [0.4, 0.5) is 5.69 Å². The lowest BCUT2D eigenvalue weighted by atomic mass is 10.1. The summed E-state index contributed by atoms with van der Waals surface area (Å²) in [4.78, 5) is 33.8. The van der Waals surface area contributed by atoms with E-state index in [0.29, 0.717) is 0 Å². The maximum Gasteiger partial charge on any atom is 0.326 e. The smallest absolute Gasteiger partial charge is 0.326 e. The highest BCUT2D eigenvalue weighted by Crippen LogP contribution is 2.16. The third kappa shape index (κ3) is 4.64. The summed E-state index contributed by atoms with van der Waals surface area (Å²) in [5, 5.41) is 13.1. The summed E-state index contributed by atoms with van der Waals surface area (Å²) in [6.45, 7) is 1.41. The molecule has 0 heterocycles. The number of nitrogens with zero attached hydrogens (tertiary/aromatic N) is 1. The predicted molar refractivity (Wildman–Crippen MR) is 86.4 cm³/mol. The standard InChI is InChI=1S/C17H16N2O5/c1-12(13-6-3-2-4-7-13)24-16(20)11-18-17(21)14-8-5-9-15(10-14)19(22)23/h2-10,12H,11H2,1H3,(H,18,21)/t12-/m1/s1. The van der Waals surface area contributed by atoms with Crippen molar-refractivity contribution in [2.24, 2.45) is 0 Å². The van der Waals surface area contributed by atoms with Crippen molar-refractivity contribution in [2.75, 3.05) is 6.54 Å². The molecule has 0 fully saturated rings. The molecule has 124 valence electrons. The van der Waals surface area contributed by atoms with Crippen molar-refractivity contribution in [1.82, 2.24) is 5.32 Å². The van der Waals surface area contributed by atoms with E-state index in [0.717, 1.165) is 11.6 Å². The number of esters is 1. The maximum absolute atomic E-state index is 11.9. The van der Waals surface area contributed by atoms with Crippen molar-refractivity contribution >= 4 is 17.6 Å². The molecule has 1 amide bonds. The molecule has 2 aromatic rings. The summed E-state index contributed by atoms with van der Waals surface area (Å²) < 4.78 is 5.22. The molecule has 0 aliphatic carbocycles. The van der Waals surface area contributed by atoms with Crippen LogP contribution in [0.15, 0.2) is 54.6 Å². The van der Waals surface area contributed by atoms with Crippen LogP contribution in [0, 0.1) is 10.1 Å². The number of nitro benzene ring substituents is 1. The van der Waals surface area contributed by atoms with Crippen LogP contribution < -0.4 is 5.32 Å². The van der Waals surface area contributed by atoms with Gasteiger partial charge in [0, 0.05) is 17.7 Å². The molecule has 7 nitrogen and oxygen atoms in total. The van der Waals surface area contributed by atoms with Gasteiger partial charge in [-0.05, 0) is 18.6 Å². The molecule has 2 aromatic carbocycles. The zero-order valence-corrected chi connectivity index (χ0v) is 13.0. The Balaban J connectivity index is 1.88. The van der Waals surface area contributed by atoms with Crippen LogP contribution in [-0.4, -0.2) is 23.3 Å². The normalized spacial score (nSPS) is 11.4. The third-order valence-electron chi connectivity index (χ3n) is 3.29. The molecule has 0 unspecified atom stereocenters. The van der Waals surface area contributed by atoms with Gasteiger partial charge in [-0.15, -0.1) is 0 Å². The number of rotatable bonds is 6. The zero-order valence-electron chi connectivity index (χ0n) is 13.0. The lowest BCUT2D eigenvalue weighted by molar-refractivity contribution is -0.384. The van der Waals surface area contributed by atoms with Crippen LogP contribution in [0.25, 0.3) is 0 Å². The molecule has 1 N–H and O–H groups in total. The van der Waals surface area contributed by atoms with Crippen LogP contribution in [0.5, 0.6) is 0 Å². The average Bonchev–Trinajstić information content (AvgIpc) is 2.60. The lowest BCUT2D eigenvalue weighted by Crippen LogP contribution is -2.31. The SMILES string of the molecule is C[C@@H](OC(=O)CNC(=O)c1cccc([N+](=O)[O-])c1)c1ccccc1. The minimum atomic E-state index is -0.592. The van der Waals surface area contributed by atoms with E-state index in [2.05, 4.69) is 5.32 Å². The summed E-state index contributed by atoms with van der Waals surface area (Å²) in [6, 6.07) is 14.5. The number of nitro groups is 1. The fourth-order valence-electron chi connectivity index (χ4n) is 2.05. The number of non-ortho nitro benzene ring substituents is 1. The average molecular weight is 328 g/mol. The Morgan fingerprint density at radius 2 is 1.88 bits per heavy atom. The second-order valence-corrected chi connectivity index (χ2v) is 5.03. The summed E-state index contributed by atoms with van der Waals surface area (Å²) in [5.74, 6) is -1.17. The lowest BCUT2D eigenvalue weighted by Gasteiger charge is -2.13. The molecular formula is C17H16N2O5. The number of hydrogen-bond acceptors (Lipinski definition) is 5. The van der Waals surface area contributed by atoms with E-state index in [-0.39, 0.29) is 17.8 Å². The first-order valence-electron chi connectivity index (χ1n) is 7.24. The van der Waals surface area contributed by atoms with Gasteiger partial charge in [0.2, 0.25) is 0 Å². The quantitative estimate of drug-likeness (QED) is 0.499. The van der Waals surface area contributed by atoms with Gasteiger partial charge in [0.05, 0.1) is 4.92 Å². The molecule has 0 aliphatic rings. The predicted octanol–water partition coefficient (Wildman–Crippen LogP) is 2.63. The van der Waals surface area contributed by atoms with Gasteiger partial charge in [0.1, 0.15) is 12.6 Å². The zero-order chi connectivity index (χ0) is 17.5. The number of ether oxygens (including phenoxy) is 1. The van der Waals surface area contributed by atoms with Crippen molar-refractivity contribution in [1.29, 1.82) is 0 Å². The van der Waals surface area contributed by atoms with E-state index in [4.69, 9.17) is 4.74 Å². The molecule has 0 saturated carbocycles. The Morgan fingerprint density at radius 3 is 2.54 bits per heavy atom. The maximum atomic E-state index is 11.9. The summed E-state index contributed by atoms with van der Waals surface area (Å²) >= 11 is 0. The molecule has 2 rings (SSSR count). The first kappa shape index (κ1) is 17.1. The Morgan fingerprint density at radius 1 is 1.17 bits per heavy atom. The molecular weight excluding hydrogens is 312 g/mol. The van der Waals surface area contributed by atoms with E-state index in [1.165, 1.54) is 18.2 Å². The Hall–Kier alpha value is -3.22. The minimum Gasteiger partial charge on any atom is -0.456 e. The molecule has 0 radical (unpaired) electrons. The molecule has 0 spiro atoms. The van der Waals surface area contributed by atoms with Crippen LogP contribution in [0.3, 0.4) is 0 Å². The number of amides is 1. The van der Waals surface area contributed by atoms with Crippen molar-refractivity contribution < 1.29 is 19.2 Å². The van der Waals surface area contributed by atoms with Crippen molar-refractivity contribution in [2.45, 2.75) is 13.0 Å². The van der Waals surface area contributed by atoms with Gasteiger partial charge in [0.25, 0.3) is 11.6 Å². The minimum absolute atomic E-state index is 0.105. The highest BCUT2D eigenvalue weighted by Gasteiger charge is 2.15. The van der Waals surface area contributed by atoms with E-state index in [1.807, 2.05) is 30.3 Å². The van der Waals surface area contributed by atoms with Gasteiger partial charge < -0.3 is 10.1 Å². The first-order chi connectivity index (χ1) is 11.5. The van der Waals surface area contributed by atoms with E-state index < -0.39 is 22.9 Å². The van der Waals surface area contributed by atoms with Crippen molar-refractivity contribution in [3.63, 3.8) is 0 Å². The van der Waals surface area contributed by atoms with Gasteiger partial charge in [-0.25, -0.2) is 0 Å². The Labute approximate surface area is 138 Å². The van der Waals surface area contributed by atoms with Gasteiger partial charge in [-0.2, -0.15) is 0 Å². The fourth-order valence-corrected chi connectivity index (χ4v) is 2.05. The van der Waals surface area contributed by atoms with E-state index >= 15 is 0 Å². The molecule has 1 atom stereocenters. The van der Waals surface area contributed by atoms with Crippen LogP contribution in [0.2, 0.25) is 0 Å². The summed E-state index contributed by atoms with van der Waals surface area (Å²) in [7, 11) is 0. The number of benzene rings is 2. The highest BCUT2D eigenvalue weighted by atomic mass is 16.6. The second kappa shape index (κ2) is 7.87. The van der Waals surface area contributed by atoms with Crippen molar-refractivity contribution in [3.05, 3.63) is 75.8 Å². The first-order valence-corrected chi connectivity index (χ1v) is 7.24.